The van der Waals surface area contributed by atoms with Gasteiger partial charge in [0.05, 0.1) is 5.69 Å². The van der Waals surface area contributed by atoms with Gasteiger partial charge in [-0.3, -0.25) is 4.99 Å². The van der Waals surface area contributed by atoms with E-state index in [-0.39, 0.29) is 0 Å². The molecule has 20 heavy (non-hydrogen) atoms. The van der Waals surface area contributed by atoms with Crippen molar-refractivity contribution in [1.82, 2.24) is 4.98 Å². The lowest BCUT2D eigenvalue weighted by molar-refractivity contribution is 0.588. The number of rotatable bonds is 3. The molecule has 0 bridgehead atoms. The van der Waals surface area contributed by atoms with Crippen LogP contribution in [0.3, 0.4) is 0 Å². The highest BCUT2D eigenvalue weighted by atomic mass is 19.1. The molecular formula is C14H16FN5. The zero-order valence-corrected chi connectivity index (χ0v) is 11.3. The van der Waals surface area contributed by atoms with Crippen molar-refractivity contribution in [1.29, 1.82) is 0 Å². The van der Waals surface area contributed by atoms with Crippen LogP contribution in [0.4, 0.5) is 15.8 Å². The van der Waals surface area contributed by atoms with E-state index < -0.39 is 5.95 Å². The van der Waals surface area contributed by atoms with E-state index in [4.69, 9.17) is 11.5 Å². The van der Waals surface area contributed by atoms with E-state index in [9.17, 15) is 4.39 Å². The molecule has 0 aliphatic carbocycles. The maximum atomic E-state index is 13.4. The van der Waals surface area contributed by atoms with E-state index in [0.29, 0.717) is 22.8 Å². The van der Waals surface area contributed by atoms with Gasteiger partial charge in [0.15, 0.2) is 0 Å². The number of hydrogen-bond donors (Lipinski definition) is 3. The molecule has 0 aliphatic heterocycles. The van der Waals surface area contributed by atoms with Crippen molar-refractivity contribution in [3.63, 3.8) is 0 Å². The largest absolute Gasteiger partial charge is 0.398 e. The standard InChI is InChI=1S/C14H16FN5/c1-18-12-6-9(7-20-13(12)15)8-3-4-11(16)10(5-8)14(17)19-2/h3-7,18H,16H2,1-2H3,(H2,17,19). The number of amidine groups is 1. The van der Waals surface area contributed by atoms with Gasteiger partial charge in [0.25, 0.3) is 0 Å². The summed E-state index contributed by atoms with van der Waals surface area (Å²) in [5.41, 5.74) is 14.8. The number of anilines is 2. The average Bonchev–Trinajstić information content (AvgIpc) is 2.47. The highest BCUT2D eigenvalue weighted by molar-refractivity contribution is 6.03. The highest BCUT2D eigenvalue weighted by Crippen LogP contribution is 2.26. The summed E-state index contributed by atoms with van der Waals surface area (Å²) in [5.74, 6) is -0.185. The molecule has 0 unspecified atom stereocenters. The lowest BCUT2D eigenvalue weighted by atomic mass is 10.0. The summed E-state index contributed by atoms with van der Waals surface area (Å²) in [6.45, 7) is 0. The van der Waals surface area contributed by atoms with E-state index in [1.807, 2.05) is 12.1 Å². The molecule has 0 amide bonds. The van der Waals surface area contributed by atoms with Crippen LogP contribution in [0.2, 0.25) is 0 Å². The maximum Gasteiger partial charge on any atom is 0.236 e. The van der Waals surface area contributed by atoms with Gasteiger partial charge in [-0.2, -0.15) is 4.39 Å². The molecule has 0 saturated heterocycles. The van der Waals surface area contributed by atoms with Crippen LogP contribution in [0.5, 0.6) is 0 Å². The molecule has 2 rings (SSSR count). The molecule has 1 aromatic carbocycles. The van der Waals surface area contributed by atoms with Gasteiger partial charge in [-0.05, 0) is 23.8 Å². The fourth-order valence-corrected chi connectivity index (χ4v) is 1.86. The lowest BCUT2D eigenvalue weighted by Crippen LogP contribution is -2.15. The lowest BCUT2D eigenvalue weighted by Gasteiger charge is -2.09. The van der Waals surface area contributed by atoms with Crippen molar-refractivity contribution < 1.29 is 4.39 Å². The second-order valence-electron chi connectivity index (χ2n) is 4.22. The molecule has 0 atom stereocenters. The van der Waals surface area contributed by atoms with Gasteiger partial charge in [-0.1, -0.05) is 6.07 Å². The molecule has 0 aliphatic rings. The molecule has 5 N–H and O–H groups in total. The Balaban J connectivity index is 2.53. The summed E-state index contributed by atoms with van der Waals surface area (Å²) in [4.78, 5) is 7.65. The summed E-state index contributed by atoms with van der Waals surface area (Å²) >= 11 is 0. The van der Waals surface area contributed by atoms with E-state index in [2.05, 4.69) is 15.3 Å². The first kappa shape index (κ1) is 13.8. The van der Waals surface area contributed by atoms with Gasteiger partial charge in [-0.25, -0.2) is 4.98 Å². The Labute approximate surface area is 116 Å². The third-order valence-corrected chi connectivity index (χ3v) is 3.01. The summed E-state index contributed by atoms with van der Waals surface area (Å²) < 4.78 is 13.4. The molecule has 104 valence electrons. The summed E-state index contributed by atoms with van der Waals surface area (Å²) in [6.07, 6.45) is 1.46. The van der Waals surface area contributed by atoms with E-state index in [0.717, 1.165) is 11.1 Å². The monoisotopic (exact) mass is 273 g/mol. The predicted octanol–water partition coefficient (Wildman–Crippen LogP) is 1.85. The molecule has 5 nitrogen and oxygen atoms in total. The first-order valence-corrected chi connectivity index (χ1v) is 6.02. The van der Waals surface area contributed by atoms with Gasteiger partial charge < -0.3 is 16.8 Å². The zero-order chi connectivity index (χ0) is 14.7. The van der Waals surface area contributed by atoms with Crippen LogP contribution in [0, 0.1) is 5.95 Å². The molecule has 1 heterocycles. The number of benzene rings is 1. The Morgan fingerprint density at radius 2 is 2.05 bits per heavy atom. The summed E-state index contributed by atoms with van der Waals surface area (Å²) in [6, 6.07) is 7.06. The van der Waals surface area contributed by atoms with E-state index >= 15 is 0 Å². The molecule has 2 aromatic rings. The molecule has 0 radical (unpaired) electrons. The minimum Gasteiger partial charge on any atom is -0.398 e. The van der Waals surface area contributed by atoms with Gasteiger partial charge >= 0.3 is 0 Å². The Bertz CT molecular complexity index is 667. The third-order valence-electron chi connectivity index (χ3n) is 3.01. The highest BCUT2D eigenvalue weighted by Gasteiger charge is 2.09. The van der Waals surface area contributed by atoms with Crippen LogP contribution in [-0.2, 0) is 0 Å². The van der Waals surface area contributed by atoms with Crippen molar-refractivity contribution in [2.45, 2.75) is 0 Å². The smallest absolute Gasteiger partial charge is 0.236 e. The number of halogens is 1. The maximum absolute atomic E-state index is 13.4. The van der Waals surface area contributed by atoms with Crippen LogP contribution in [0.25, 0.3) is 11.1 Å². The number of nitrogens with one attached hydrogen (secondary N) is 1. The SMILES string of the molecule is CN=C(N)c1cc(-c2cnc(F)c(NC)c2)ccc1N. The number of nitrogen functional groups attached to an aromatic ring is 1. The second-order valence-corrected chi connectivity index (χ2v) is 4.22. The number of nitrogens with zero attached hydrogens (tertiary/aromatic N) is 2. The van der Waals surface area contributed by atoms with Crippen molar-refractivity contribution in [2.75, 3.05) is 25.1 Å². The minimum absolute atomic E-state index is 0.331. The van der Waals surface area contributed by atoms with E-state index in [1.165, 1.54) is 6.20 Å². The quantitative estimate of drug-likeness (QED) is 0.344. The van der Waals surface area contributed by atoms with Gasteiger partial charge in [-0.15, -0.1) is 0 Å². The average molecular weight is 273 g/mol. The van der Waals surface area contributed by atoms with E-state index in [1.54, 1.807) is 26.2 Å². The van der Waals surface area contributed by atoms with Gasteiger partial charge in [0.2, 0.25) is 5.95 Å². The zero-order valence-electron chi connectivity index (χ0n) is 11.3. The fraction of sp³-hybridized carbons (Fsp3) is 0.143. The first-order valence-electron chi connectivity index (χ1n) is 6.02. The van der Waals surface area contributed by atoms with Crippen molar-refractivity contribution in [3.05, 3.63) is 42.0 Å². The molecule has 6 heteroatoms. The topological polar surface area (TPSA) is 89.3 Å². The Morgan fingerprint density at radius 1 is 1.30 bits per heavy atom. The van der Waals surface area contributed by atoms with Crippen LogP contribution < -0.4 is 16.8 Å². The molecule has 1 aromatic heterocycles. The number of aromatic nitrogens is 1. The normalized spacial score (nSPS) is 11.4. The fourth-order valence-electron chi connectivity index (χ4n) is 1.86. The van der Waals surface area contributed by atoms with Gasteiger partial charge in [0.1, 0.15) is 5.84 Å². The van der Waals surface area contributed by atoms with Crippen molar-refractivity contribution >= 4 is 17.2 Å². The number of nitrogens with two attached hydrogens (primary N) is 2. The second kappa shape index (κ2) is 5.56. The molecule has 0 fully saturated rings. The van der Waals surface area contributed by atoms with Crippen LogP contribution in [-0.4, -0.2) is 24.9 Å². The predicted molar refractivity (Wildman–Crippen MR) is 80.2 cm³/mol. The van der Waals surface area contributed by atoms with Crippen LogP contribution in [0.1, 0.15) is 5.56 Å². The minimum atomic E-state index is -0.540. The Morgan fingerprint density at radius 3 is 2.70 bits per heavy atom. The number of pyridine rings is 1. The summed E-state index contributed by atoms with van der Waals surface area (Å²) in [5, 5.41) is 2.75. The Kier molecular flexibility index (Phi) is 3.84. The van der Waals surface area contributed by atoms with Crippen LogP contribution >= 0.6 is 0 Å². The van der Waals surface area contributed by atoms with Crippen LogP contribution in [0.15, 0.2) is 35.5 Å². The summed E-state index contributed by atoms with van der Waals surface area (Å²) in [7, 11) is 3.24. The number of hydrogen-bond acceptors (Lipinski definition) is 4. The molecule has 0 saturated carbocycles. The molecular weight excluding hydrogens is 257 g/mol. The number of aliphatic imine (C=N–C) groups is 1. The van der Waals surface area contributed by atoms with Gasteiger partial charge in [0, 0.05) is 37.1 Å². The molecule has 0 spiro atoms. The van der Waals surface area contributed by atoms with Crippen molar-refractivity contribution in [3.8, 4) is 11.1 Å². The third kappa shape index (κ3) is 2.54. The van der Waals surface area contributed by atoms with Crippen molar-refractivity contribution in [2.24, 2.45) is 10.7 Å². The Hall–Kier alpha value is -2.63. The first-order chi connectivity index (χ1) is 9.56.